The second-order valence-corrected chi connectivity index (χ2v) is 7.40. The molecule has 2 aromatic rings. The Bertz CT molecular complexity index is 877. The predicted molar refractivity (Wildman–Crippen MR) is 100 cm³/mol. The number of imidazole rings is 1. The molecule has 2 aliphatic heterocycles. The van der Waals surface area contributed by atoms with Crippen LogP contribution < -0.4 is 0 Å². The Morgan fingerprint density at radius 3 is 2.89 bits per heavy atom. The SMILES string of the molecule is Cc1cnc(C2CCOCC2)n1C1CCN(C(=O)c2cccc(C#N)c2)C1. The molecule has 27 heavy (non-hydrogen) atoms. The van der Waals surface area contributed by atoms with Crippen molar-refractivity contribution in [2.45, 2.75) is 38.1 Å². The molecule has 1 amide bonds. The van der Waals surface area contributed by atoms with Gasteiger partial charge in [0.2, 0.25) is 0 Å². The van der Waals surface area contributed by atoms with Crippen LogP contribution in [0.3, 0.4) is 0 Å². The quantitative estimate of drug-likeness (QED) is 0.839. The Kier molecular flexibility index (Phi) is 4.95. The standard InChI is InChI=1S/C21H24N4O2/c1-15-13-23-20(17-6-9-27-10-7-17)25(15)19-5-8-24(14-19)21(26)18-4-2-3-16(11-18)12-22/h2-4,11,13,17,19H,5-10,14H2,1H3. The lowest BCUT2D eigenvalue weighted by Gasteiger charge is -2.26. The van der Waals surface area contributed by atoms with E-state index < -0.39 is 0 Å². The number of hydrogen-bond donors (Lipinski definition) is 0. The van der Waals surface area contributed by atoms with Gasteiger partial charge in [0, 0.05) is 49.7 Å². The van der Waals surface area contributed by atoms with E-state index in [2.05, 4.69) is 17.6 Å². The molecule has 0 aliphatic carbocycles. The van der Waals surface area contributed by atoms with Gasteiger partial charge in [0.15, 0.2) is 0 Å². The predicted octanol–water partition coefficient (Wildman–Crippen LogP) is 3.04. The van der Waals surface area contributed by atoms with E-state index >= 15 is 0 Å². The summed E-state index contributed by atoms with van der Waals surface area (Å²) in [5, 5.41) is 9.07. The molecule has 1 atom stereocenters. The highest BCUT2D eigenvalue weighted by Gasteiger charge is 2.32. The van der Waals surface area contributed by atoms with E-state index in [0.717, 1.165) is 50.5 Å². The first-order valence-corrected chi connectivity index (χ1v) is 9.58. The summed E-state index contributed by atoms with van der Waals surface area (Å²) in [5.41, 5.74) is 2.26. The first-order chi connectivity index (χ1) is 13.2. The number of rotatable bonds is 3. The maximum absolute atomic E-state index is 12.9. The zero-order chi connectivity index (χ0) is 18.8. The number of nitriles is 1. The Morgan fingerprint density at radius 2 is 2.11 bits per heavy atom. The van der Waals surface area contributed by atoms with Crippen LogP contribution >= 0.6 is 0 Å². The summed E-state index contributed by atoms with van der Waals surface area (Å²) in [6.45, 7) is 5.09. The van der Waals surface area contributed by atoms with Crippen LogP contribution in [0.25, 0.3) is 0 Å². The third-order valence-electron chi connectivity index (χ3n) is 5.65. The number of aryl methyl sites for hydroxylation is 1. The molecule has 2 fully saturated rings. The second kappa shape index (κ2) is 7.53. The number of amides is 1. The van der Waals surface area contributed by atoms with Gasteiger partial charge in [-0.25, -0.2) is 4.98 Å². The zero-order valence-corrected chi connectivity index (χ0v) is 15.6. The summed E-state index contributed by atoms with van der Waals surface area (Å²) in [5.74, 6) is 1.58. The van der Waals surface area contributed by atoms with Gasteiger partial charge in [-0.2, -0.15) is 5.26 Å². The highest BCUT2D eigenvalue weighted by atomic mass is 16.5. The van der Waals surface area contributed by atoms with Crippen LogP contribution in [0.2, 0.25) is 0 Å². The Morgan fingerprint density at radius 1 is 1.30 bits per heavy atom. The molecule has 1 unspecified atom stereocenters. The monoisotopic (exact) mass is 364 g/mol. The van der Waals surface area contributed by atoms with Gasteiger partial charge in [-0.15, -0.1) is 0 Å². The van der Waals surface area contributed by atoms with Crippen molar-refractivity contribution in [2.75, 3.05) is 26.3 Å². The van der Waals surface area contributed by atoms with Crippen molar-refractivity contribution in [2.24, 2.45) is 0 Å². The first kappa shape index (κ1) is 17.7. The van der Waals surface area contributed by atoms with Crippen molar-refractivity contribution in [3.8, 4) is 6.07 Å². The molecule has 2 aliphatic rings. The van der Waals surface area contributed by atoms with Gasteiger partial charge in [0.05, 0.1) is 17.7 Å². The topological polar surface area (TPSA) is 71.2 Å². The third-order valence-corrected chi connectivity index (χ3v) is 5.65. The summed E-state index contributed by atoms with van der Waals surface area (Å²) >= 11 is 0. The second-order valence-electron chi connectivity index (χ2n) is 7.40. The number of likely N-dealkylation sites (tertiary alicyclic amines) is 1. The van der Waals surface area contributed by atoms with Crippen LogP contribution in [0.1, 0.15) is 58.7 Å². The molecule has 0 radical (unpaired) electrons. The minimum atomic E-state index is -0.0000141. The van der Waals surface area contributed by atoms with Gasteiger partial charge in [0.1, 0.15) is 5.82 Å². The first-order valence-electron chi connectivity index (χ1n) is 9.58. The number of aromatic nitrogens is 2. The number of carbonyl (C=O) groups is 1. The maximum atomic E-state index is 12.9. The fourth-order valence-electron chi connectivity index (χ4n) is 4.24. The molecule has 3 heterocycles. The molecule has 6 nitrogen and oxygen atoms in total. The van der Waals surface area contributed by atoms with Crippen molar-refractivity contribution in [1.29, 1.82) is 5.26 Å². The molecule has 0 spiro atoms. The van der Waals surface area contributed by atoms with E-state index in [1.165, 1.54) is 0 Å². The van der Waals surface area contributed by atoms with Gasteiger partial charge in [-0.05, 0) is 44.4 Å². The summed E-state index contributed by atoms with van der Waals surface area (Å²) in [6.07, 6.45) is 4.89. The number of carbonyl (C=O) groups excluding carboxylic acids is 1. The fourth-order valence-corrected chi connectivity index (χ4v) is 4.24. The maximum Gasteiger partial charge on any atom is 0.253 e. The van der Waals surface area contributed by atoms with Gasteiger partial charge >= 0.3 is 0 Å². The van der Waals surface area contributed by atoms with Gasteiger partial charge in [-0.3, -0.25) is 4.79 Å². The van der Waals surface area contributed by atoms with E-state index in [9.17, 15) is 4.79 Å². The van der Waals surface area contributed by atoms with E-state index in [0.29, 0.717) is 23.6 Å². The third kappa shape index (κ3) is 3.47. The summed E-state index contributed by atoms with van der Waals surface area (Å²) < 4.78 is 7.84. The van der Waals surface area contributed by atoms with Crippen molar-refractivity contribution < 1.29 is 9.53 Å². The van der Waals surface area contributed by atoms with Gasteiger partial charge in [0.25, 0.3) is 5.91 Å². The van der Waals surface area contributed by atoms with E-state index in [1.807, 2.05) is 11.1 Å². The average molecular weight is 364 g/mol. The molecule has 4 rings (SSSR count). The number of nitrogens with zero attached hydrogens (tertiary/aromatic N) is 4. The van der Waals surface area contributed by atoms with Crippen molar-refractivity contribution in [3.63, 3.8) is 0 Å². The van der Waals surface area contributed by atoms with E-state index in [1.54, 1.807) is 24.3 Å². The molecule has 2 saturated heterocycles. The molecular weight excluding hydrogens is 340 g/mol. The molecule has 140 valence electrons. The van der Waals surface area contributed by atoms with Crippen LogP contribution in [-0.2, 0) is 4.74 Å². The van der Waals surface area contributed by atoms with E-state index in [4.69, 9.17) is 15.0 Å². The smallest absolute Gasteiger partial charge is 0.253 e. The Labute approximate surface area is 159 Å². The number of hydrogen-bond acceptors (Lipinski definition) is 4. The fraction of sp³-hybridized carbons (Fsp3) is 0.476. The highest BCUT2D eigenvalue weighted by Crippen LogP contribution is 2.32. The van der Waals surface area contributed by atoms with Crippen LogP contribution in [-0.4, -0.2) is 46.7 Å². The van der Waals surface area contributed by atoms with E-state index in [-0.39, 0.29) is 11.9 Å². The highest BCUT2D eigenvalue weighted by molar-refractivity contribution is 5.94. The molecular formula is C21H24N4O2. The summed E-state index contributed by atoms with van der Waals surface area (Å²) in [6, 6.07) is 9.30. The molecule has 0 N–H and O–H groups in total. The van der Waals surface area contributed by atoms with Gasteiger partial charge < -0.3 is 14.2 Å². The summed E-state index contributed by atoms with van der Waals surface area (Å²) in [4.78, 5) is 19.5. The van der Waals surface area contributed by atoms with Crippen molar-refractivity contribution in [3.05, 3.63) is 53.1 Å². The molecule has 1 aromatic heterocycles. The number of ether oxygens (including phenoxy) is 1. The molecule has 6 heteroatoms. The minimum absolute atomic E-state index is 0.0000141. The molecule has 0 bridgehead atoms. The van der Waals surface area contributed by atoms with Crippen LogP contribution in [0, 0.1) is 18.3 Å². The zero-order valence-electron chi connectivity index (χ0n) is 15.6. The van der Waals surface area contributed by atoms with Gasteiger partial charge in [-0.1, -0.05) is 6.07 Å². The largest absolute Gasteiger partial charge is 0.381 e. The molecule has 0 saturated carbocycles. The number of benzene rings is 1. The molecule has 1 aromatic carbocycles. The Hall–Kier alpha value is -2.65. The van der Waals surface area contributed by atoms with Crippen LogP contribution in [0.5, 0.6) is 0 Å². The Balaban J connectivity index is 1.52. The lowest BCUT2D eigenvalue weighted by atomic mass is 9.99. The lowest BCUT2D eigenvalue weighted by molar-refractivity contribution is 0.0784. The van der Waals surface area contributed by atoms with Crippen molar-refractivity contribution in [1.82, 2.24) is 14.5 Å². The van der Waals surface area contributed by atoms with Crippen LogP contribution in [0.4, 0.5) is 0 Å². The van der Waals surface area contributed by atoms with Crippen LogP contribution in [0.15, 0.2) is 30.5 Å². The summed E-state index contributed by atoms with van der Waals surface area (Å²) in [7, 11) is 0. The lowest BCUT2D eigenvalue weighted by Crippen LogP contribution is -2.30. The van der Waals surface area contributed by atoms with Crippen molar-refractivity contribution >= 4 is 5.91 Å². The average Bonchev–Trinajstić information content (AvgIpc) is 3.34. The normalized spacial score (nSPS) is 20.6. The minimum Gasteiger partial charge on any atom is -0.381 e.